The first kappa shape index (κ1) is 13.2. The van der Waals surface area contributed by atoms with Crippen molar-refractivity contribution in [1.82, 2.24) is 0 Å². The highest BCUT2D eigenvalue weighted by atomic mass is 19.3. The highest BCUT2D eigenvalue weighted by Gasteiger charge is 2.37. The molecule has 0 spiro atoms. The second-order valence-electron chi connectivity index (χ2n) is 5.37. The number of aryl methyl sites for hydroxylation is 2. The fourth-order valence-electron chi connectivity index (χ4n) is 2.65. The molecule has 1 aliphatic carbocycles. The van der Waals surface area contributed by atoms with Crippen LogP contribution in [0.3, 0.4) is 0 Å². The first-order valence-corrected chi connectivity index (χ1v) is 6.38. The molecule has 0 heterocycles. The third kappa shape index (κ3) is 2.95. The van der Waals surface area contributed by atoms with Gasteiger partial charge in [-0.25, -0.2) is 8.78 Å². The van der Waals surface area contributed by atoms with Crippen LogP contribution in [-0.2, 0) is 0 Å². The maximum Gasteiger partial charge on any atom is 0.248 e. The summed E-state index contributed by atoms with van der Waals surface area (Å²) in [6.07, 6.45) is 0.292. The van der Waals surface area contributed by atoms with Gasteiger partial charge in [-0.3, -0.25) is 4.79 Å². The molecular formula is C15H18F2O. The van der Waals surface area contributed by atoms with Crippen molar-refractivity contribution >= 4 is 5.78 Å². The van der Waals surface area contributed by atoms with E-state index < -0.39 is 5.92 Å². The van der Waals surface area contributed by atoms with Gasteiger partial charge in [0, 0.05) is 24.3 Å². The summed E-state index contributed by atoms with van der Waals surface area (Å²) < 4.78 is 26.1. The van der Waals surface area contributed by atoms with E-state index in [0.29, 0.717) is 18.4 Å². The summed E-state index contributed by atoms with van der Waals surface area (Å²) in [6.45, 7) is 3.89. The lowest BCUT2D eigenvalue weighted by Gasteiger charge is -2.27. The van der Waals surface area contributed by atoms with Gasteiger partial charge in [0.05, 0.1) is 0 Å². The summed E-state index contributed by atoms with van der Waals surface area (Å²) >= 11 is 0. The number of rotatable bonds is 2. The van der Waals surface area contributed by atoms with Crippen LogP contribution in [0.25, 0.3) is 0 Å². The lowest BCUT2D eigenvalue weighted by Crippen LogP contribution is -2.28. The second kappa shape index (κ2) is 4.79. The number of carbonyl (C=O) groups is 1. The van der Waals surface area contributed by atoms with Crippen molar-refractivity contribution in [3.05, 3.63) is 34.9 Å². The molecule has 1 aromatic rings. The first-order valence-electron chi connectivity index (χ1n) is 6.38. The van der Waals surface area contributed by atoms with Crippen molar-refractivity contribution in [2.45, 2.75) is 45.5 Å². The molecule has 3 heteroatoms. The Morgan fingerprint density at radius 1 is 1.11 bits per heavy atom. The number of halogens is 2. The maximum absolute atomic E-state index is 13.1. The molecule has 0 bridgehead atoms. The quantitative estimate of drug-likeness (QED) is 0.717. The number of hydrogen-bond donors (Lipinski definition) is 0. The van der Waals surface area contributed by atoms with Crippen molar-refractivity contribution < 1.29 is 13.6 Å². The van der Waals surface area contributed by atoms with Crippen LogP contribution in [0, 0.1) is 19.8 Å². The lowest BCUT2D eigenvalue weighted by atomic mass is 9.81. The van der Waals surface area contributed by atoms with E-state index in [1.165, 1.54) is 0 Å². The van der Waals surface area contributed by atoms with Gasteiger partial charge < -0.3 is 0 Å². The van der Waals surface area contributed by atoms with E-state index in [2.05, 4.69) is 0 Å². The molecule has 1 aromatic carbocycles. The highest BCUT2D eigenvalue weighted by Crippen LogP contribution is 2.37. The van der Waals surface area contributed by atoms with E-state index in [9.17, 15) is 13.6 Å². The van der Waals surface area contributed by atoms with Gasteiger partial charge in [0.2, 0.25) is 5.92 Å². The topological polar surface area (TPSA) is 17.1 Å². The summed E-state index contributed by atoms with van der Waals surface area (Å²) in [5.41, 5.74) is 2.75. The summed E-state index contributed by atoms with van der Waals surface area (Å²) in [6, 6.07) is 5.70. The Hall–Kier alpha value is -1.25. The number of ketones is 1. The van der Waals surface area contributed by atoms with Crippen LogP contribution < -0.4 is 0 Å². The summed E-state index contributed by atoms with van der Waals surface area (Å²) in [5, 5.41) is 0. The summed E-state index contributed by atoms with van der Waals surface area (Å²) in [4.78, 5) is 12.3. The Bertz CT molecular complexity index is 435. The van der Waals surface area contributed by atoms with Gasteiger partial charge >= 0.3 is 0 Å². The van der Waals surface area contributed by atoms with Crippen molar-refractivity contribution in [3.8, 4) is 0 Å². The van der Waals surface area contributed by atoms with Gasteiger partial charge in [-0.2, -0.15) is 0 Å². The molecule has 0 aromatic heterocycles. The number of benzene rings is 1. The van der Waals surface area contributed by atoms with Gasteiger partial charge in [-0.05, 0) is 38.8 Å². The predicted octanol–water partition coefficient (Wildman–Crippen LogP) is 4.31. The Morgan fingerprint density at radius 3 is 2.11 bits per heavy atom. The van der Waals surface area contributed by atoms with Crippen LogP contribution in [0.5, 0.6) is 0 Å². The fraction of sp³-hybridized carbons (Fsp3) is 0.533. The zero-order valence-electron chi connectivity index (χ0n) is 10.8. The zero-order valence-corrected chi connectivity index (χ0v) is 10.8. The number of Topliss-reactive ketones (excluding diaryl/α,β-unsaturated/α-hetero) is 1. The van der Waals surface area contributed by atoms with Crippen LogP contribution in [0.15, 0.2) is 18.2 Å². The van der Waals surface area contributed by atoms with E-state index in [0.717, 1.165) is 11.1 Å². The summed E-state index contributed by atoms with van der Waals surface area (Å²) in [5.74, 6) is -2.78. The van der Waals surface area contributed by atoms with E-state index in [4.69, 9.17) is 0 Å². The molecule has 2 rings (SSSR count). The van der Waals surface area contributed by atoms with Crippen LogP contribution in [0.1, 0.15) is 47.2 Å². The first-order chi connectivity index (χ1) is 8.37. The number of carbonyl (C=O) groups excluding carboxylic acids is 1. The number of hydrogen-bond acceptors (Lipinski definition) is 1. The Balaban J connectivity index is 2.12. The minimum atomic E-state index is -2.57. The van der Waals surface area contributed by atoms with E-state index in [1.54, 1.807) is 0 Å². The lowest BCUT2D eigenvalue weighted by molar-refractivity contribution is -0.0424. The third-order valence-corrected chi connectivity index (χ3v) is 3.59. The SMILES string of the molecule is Cc1cc(C)cc(C(=O)C2CCC(F)(F)CC2)c1. The van der Waals surface area contributed by atoms with Gasteiger partial charge in [0.25, 0.3) is 0 Å². The van der Waals surface area contributed by atoms with E-state index >= 15 is 0 Å². The molecule has 0 amide bonds. The average molecular weight is 252 g/mol. The molecule has 0 radical (unpaired) electrons. The molecule has 1 nitrogen and oxygen atoms in total. The van der Waals surface area contributed by atoms with Crippen LogP contribution in [-0.4, -0.2) is 11.7 Å². The molecule has 0 atom stereocenters. The Kier molecular flexibility index (Phi) is 3.51. The minimum absolute atomic E-state index is 0.0253. The maximum atomic E-state index is 13.1. The van der Waals surface area contributed by atoms with Crippen molar-refractivity contribution in [2.75, 3.05) is 0 Å². The smallest absolute Gasteiger partial charge is 0.248 e. The number of alkyl halides is 2. The molecule has 1 aliphatic rings. The fourth-order valence-corrected chi connectivity index (χ4v) is 2.65. The highest BCUT2D eigenvalue weighted by molar-refractivity contribution is 5.98. The van der Waals surface area contributed by atoms with E-state index in [1.807, 2.05) is 32.0 Å². The standard InChI is InChI=1S/C15H18F2O/c1-10-7-11(2)9-13(8-10)14(18)12-3-5-15(16,17)6-4-12/h7-9,12H,3-6H2,1-2H3. The van der Waals surface area contributed by atoms with Crippen molar-refractivity contribution in [1.29, 1.82) is 0 Å². The Labute approximate surface area is 106 Å². The van der Waals surface area contributed by atoms with Crippen molar-refractivity contribution in [2.24, 2.45) is 5.92 Å². The van der Waals surface area contributed by atoms with Crippen LogP contribution >= 0.6 is 0 Å². The second-order valence-corrected chi connectivity index (χ2v) is 5.37. The molecule has 0 N–H and O–H groups in total. The molecule has 1 fully saturated rings. The molecule has 0 unspecified atom stereocenters. The third-order valence-electron chi connectivity index (χ3n) is 3.59. The van der Waals surface area contributed by atoms with Crippen LogP contribution in [0.4, 0.5) is 8.78 Å². The van der Waals surface area contributed by atoms with Gasteiger partial charge in [0.15, 0.2) is 5.78 Å². The van der Waals surface area contributed by atoms with Crippen LogP contribution in [0.2, 0.25) is 0 Å². The molecule has 18 heavy (non-hydrogen) atoms. The minimum Gasteiger partial charge on any atom is -0.294 e. The molecular weight excluding hydrogens is 234 g/mol. The van der Waals surface area contributed by atoms with Gasteiger partial charge in [0.1, 0.15) is 0 Å². The zero-order chi connectivity index (χ0) is 13.3. The van der Waals surface area contributed by atoms with Gasteiger partial charge in [-0.15, -0.1) is 0 Å². The van der Waals surface area contributed by atoms with Crippen molar-refractivity contribution in [3.63, 3.8) is 0 Å². The Morgan fingerprint density at radius 2 is 1.61 bits per heavy atom. The molecule has 98 valence electrons. The summed E-state index contributed by atoms with van der Waals surface area (Å²) in [7, 11) is 0. The van der Waals surface area contributed by atoms with E-state index in [-0.39, 0.29) is 24.5 Å². The van der Waals surface area contributed by atoms with Gasteiger partial charge in [-0.1, -0.05) is 17.2 Å². The average Bonchev–Trinajstić information content (AvgIpc) is 2.27. The monoisotopic (exact) mass is 252 g/mol. The molecule has 0 saturated heterocycles. The normalized spacial score (nSPS) is 19.8. The predicted molar refractivity (Wildman–Crippen MR) is 67.2 cm³/mol. The largest absolute Gasteiger partial charge is 0.294 e. The molecule has 0 aliphatic heterocycles. The molecule has 1 saturated carbocycles.